The highest BCUT2D eigenvalue weighted by atomic mass is 79.9. The SMILES string of the molecule is C=CCNC(=O)C12CCC(C(Br)Br)(C1Br)C2(C)C. The van der Waals surface area contributed by atoms with Gasteiger partial charge in [0.25, 0.3) is 0 Å². The molecular formula is C13H18Br3NO. The second kappa shape index (κ2) is 4.59. The third-order valence-corrected chi connectivity index (χ3v) is 8.53. The zero-order valence-corrected chi connectivity index (χ0v) is 15.4. The van der Waals surface area contributed by atoms with Gasteiger partial charge in [-0.1, -0.05) is 67.7 Å². The van der Waals surface area contributed by atoms with Gasteiger partial charge in [-0.25, -0.2) is 0 Å². The largest absolute Gasteiger partial charge is 0.352 e. The first kappa shape index (κ1) is 15.0. The van der Waals surface area contributed by atoms with Gasteiger partial charge < -0.3 is 5.32 Å². The summed E-state index contributed by atoms with van der Waals surface area (Å²) in [6, 6.07) is 0. The van der Waals surface area contributed by atoms with Gasteiger partial charge in [0.1, 0.15) is 0 Å². The van der Waals surface area contributed by atoms with Gasteiger partial charge in [-0.2, -0.15) is 0 Å². The van der Waals surface area contributed by atoms with E-state index in [1.54, 1.807) is 6.08 Å². The van der Waals surface area contributed by atoms with Crippen LogP contribution < -0.4 is 5.32 Å². The molecule has 0 radical (unpaired) electrons. The maximum atomic E-state index is 12.5. The number of carbonyl (C=O) groups excluding carboxylic acids is 1. The normalized spacial score (nSPS) is 40.4. The number of alkyl halides is 3. The van der Waals surface area contributed by atoms with Crippen LogP contribution in [0.4, 0.5) is 0 Å². The van der Waals surface area contributed by atoms with Crippen LogP contribution in [0.2, 0.25) is 0 Å². The van der Waals surface area contributed by atoms with Crippen molar-refractivity contribution in [3.8, 4) is 0 Å². The molecule has 3 rings (SSSR count). The van der Waals surface area contributed by atoms with Gasteiger partial charge in [-0.3, -0.25) is 4.79 Å². The molecule has 5 heteroatoms. The number of hydrogen-bond donors (Lipinski definition) is 1. The monoisotopic (exact) mass is 441 g/mol. The Morgan fingerprint density at radius 1 is 1.50 bits per heavy atom. The molecule has 3 atom stereocenters. The summed E-state index contributed by atoms with van der Waals surface area (Å²) in [6.07, 6.45) is 3.72. The van der Waals surface area contributed by atoms with Crippen LogP contribution >= 0.6 is 47.8 Å². The summed E-state index contributed by atoms with van der Waals surface area (Å²) in [5.41, 5.74) is -0.231. The predicted molar refractivity (Wildman–Crippen MR) is 85.4 cm³/mol. The Labute approximate surface area is 134 Å². The van der Waals surface area contributed by atoms with Crippen LogP contribution in [0.5, 0.6) is 0 Å². The molecule has 3 aliphatic rings. The topological polar surface area (TPSA) is 29.1 Å². The van der Waals surface area contributed by atoms with Gasteiger partial charge in [0.15, 0.2) is 0 Å². The average molecular weight is 444 g/mol. The van der Waals surface area contributed by atoms with E-state index >= 15 is 0 Å². The number of hydrogen-bond acceptors (Lipinski definition) is 1. The maximum absolute atomic E-state index is 12.5. The lowest BCUT2D eigenvalue weighted by molar-refractivity contribution is -0.161. The Morgan fingerprint density at radius 3 is 2.50 bits per heavy atom. The molecule has 18 heavy (non-hydrogen) atoms. The van der Waals surface area contributed by atoms with Crippen LogP contribution in [0.3, 0.4) is 0 Å². The van der Waals surface area contributed by atoms with Crippen LogP contribution in [0, 0.1) is 16.2 Å². The molecule has 1 amide bonds. The zero-order valence-electron chi connectivity index (χ0n) is 10.6. The fourth-order valence-electron chi connectivity index (χ4n) is 4.02. The molecule has 0 aromatic rings. The van der Waals surface area contributed by atoms with Crippen LogP contribution in [0.15, 0.2) is 12.7 Å². The van der Waals surface area contributed by atoms with Crippen LogP contribution in [-0.2, 0) is 4.79 Å². The summed E-state index contributed by atoms with van der Waals surface area (Å²) in [5, 5.41) is 2.98. The second-order valence-electron chi connectivity index (χ2n) is 5.80. The molecule has 0 spiro atoms. The Morgan fingerprint density at radius 2 is 2.11 bits per heavy atom. The molecule has 0 aliphatic heterocycles. The van der Waals surface area contributed by atoms with Gasteiger partial charge >= 0.3 is 0 Å². The molecule has 2 nitrogen and oxygen atoms in total. The van der Waals surface area contributed by atoms with E-state index in [9.17, 15) is 4.79 Å². The number of amides is 1. The van der Waals surface area contributed by atoms with Gasteiger partial charge in [-0.05, 0) is 18.3 Å². The van der Waals surface area contributed by atoms with Crippen molar-refractivity contribution in [2.45, 2.75) is 35.3 Å². The Kier molecular flexibility index (Phi) is 3.84. The highest BCUT2D eigenvalue weighted by Crippen LogP contribution is 2.82. The first-order valence-electron chi connectivity index (χ1n) is 6.10. The van der Waals surface area contributed by atoms with Gasteiger partial charge in [0, 0.05) is 16.8 Å². The van der Waals surface area contributed by atoms with Crippen molar-refractivity contribution in [1.82, 2.24) is 5.32 Å². The molecule has 3 aliphatic carbocycles. The van der Waals surface area contributed by atoms with Crippen molar-refractivity contribution >= 4 is 53.7 Å². The predicted octanol–water partition coefficient (Wildman–Crippen LogP) is 3.97. The third-order valence-electron chi connectivity index (χ3n) is 5.30. The summed E-state index contributed by atoms with van der Waals surface area (Å²) in [5.74, 6) is 0.156. The van der Waals surface area contributed by atoms with E-state index in [1.807, 2.05) is 0 Å². The number of carbonyl (C=O) groups is 1. The molecule has 3 unspecified atom stereocenters. The average Bonchev–Trinajstić information content (AvgIpc) is 2.75. The van der Waals surface area contributed by atoms with Gasteiger partial charge in [-0.15, -0.1) is 6.58 Å². The van der Waals surface area contributed by atoms with Crippen molar-refractivity contribution in [2.75, 3.05) is 6.54 Å². The van der Waals surface area contributed by atoms with E-state index < -0.39 is 0 Å². The first-order chi connectivity index (χ1) is 8.29. The lowest BCUT2D eigenvalue weighted by atomic mass is 9.43. The minimum Gasteiger partial charge on any atom is -0.352 e. The van der Waals surface area contributed by atoms with E-state index in [1.165, 1.54) is 0 Å². The summed E-state index contributed by atoms with van der Waals surface area (Å²) >= 11 is 11.1. The van der Waals surface area contributed by atoms with Crippen molar-refractivity contribution in [3.63, 3.8) is 0 Å². The van der Waals surface area contributed by atoms with Gasteiger partial charge in [0.2, 0.25) is 5.91 Å². The fraction of sp³-hybridized carbons (Fsp3) is 0.769. The molecule has 1 N–H and O–H groups in total. The van der Waals surface area contributed by atoms with Crippen LogP contribution in [0.25, 0.3) is 0 Å². The minimum atomic E-state index is -0.296. The first-order valence-corrected chi connectivity index (χ1v) is 8.85. The Balaban J connectivity index is 2.33. The minimum absolute atomic E-state index is 0.0307. The number of rotatable bonds is 4. The zero-order chi connectivity index (χ0) is 13.8. The number of halogens is 3. The molecule has 102 valence electrons. The molecule has 0 aromatic heterocycles. The van der Waals surface area contributed by atoms with Crippen molar-refractivity contribution in [1.29, 1.82) is 0 Å². The smallest absolute Gasteiger partial charge is 0.228 e. The second-order valence-corrected chi connectivity index (χ2v) is 9.77. The van der Waals surface area contributed by atoms with E-state index in [4.69, 9.17) is 0 Å². The van der Waals surface area contributed by atoms with Crippen molar-refractivity contribution in [2.24, 2.45) is 16.2 Å². The molecule has 2 bridgehead atoms. The third kappa shape index (κ3) is 1.42. The summed E-state index contributed by atoms with van der Waals surface area (Å²) in [6.45, 7) is 8.61. The van der Waals surface area contributed by atoms with Crippen LogP contribution in [-0.4, -0.2) is 21.0 Å². The van der Waals surface area contributed by atoms with Crippen molar-refractivity contribution < 1.29 is 4.79 Å². The Hall–Kier alpha value is 0.650. The maximum Gasteiger partial charge on any atom is 0.228 e. The highest BCUT2D eigenvalue weighted by Gasteiger charge is 2.83. The summed E-state index contributed by atoms with van der Waals surface area (Å²) in [4.78, 5) is 12.7. The van der Waals surface area contributed by atoms with Crippen molar-refractivity contribution in [3.05, 3.63) is 12.7 Å². The quantitative estimate of drug-likeness (QED) is 0.517. The van der Waals surface area contributed by atoms with E-state index in [0.717, 1.165) is 12.8 Å². The molecule has 3 saturated carbocycles. The highest BCUT2D eigenvalue weighted by molar-refractivity contribution is 9.24. The summed E-state index contributed by atoms with van der Waals surface area (Å²) < 4.78 is 0.222. The standard InChI is InChI=1S/C13H18Br3NO/c1-4-7-17-10(18)13-6-5-12(8(13)14,9(15)16)11(13,2)3/h4,8-9H,1,5-7H2,2-3H3,(H,17,18). The summed E-state index contributed by atoms with van der Waals surface area (Å²) in [7, 11) is 0. The Bertz CT molecular complexity index is 396. The molecular weight excluding hydrogens is 426 g/mol. The van der Waals surface area contributed by atoms with E-state index in [-0.39, 0.29) is 30.7 Å². The fourth-order valence-corrected chi connectivity index (χ4v) is 8.94. The molecule has 0 aromatic carbocycles. The lowest BCUT2D eigenvalue weighted by Crippen LogP contribution is -2.72. The molecule has 0 heterocycles. The number of fused-ring (bicyclic) bond motifs is 1. The van der Waals surface area contributed by atoms with E-state index in [0.29, 0.717) is 6.54 Å². The molecule has 0 saturated heterocycles. The van der Waals surface area contributed by atoms with Gasteiger partial charge in [0.05, 0.1) is 9.15 Å². The lowest BCUT2D eigenvalue weighted by Gasteiger charge is -2.66. The van der Waals surface area contributed by atoms with Crippen LogP contribution in [0.1, 0.15) is 26.7 Å². The molecule has 3 fully saturated rings. The number of nitrogens with one attached hydrogen (secondary N) is 1. The van der Waals surface area contributed by atoms with E-state index in [2.05, 4.69) is 73.5 Å².